The normalized spacial score (nSPS) is 14.3. The van der Waals surface area contributed by atoms with E-state index in [2.05, 4.69) is 87.5 Å². The third-order valence-corrected chi connectivity index (χ3v) is 4.00. The highest BCUT2D eigenvalue weighted by molar-refractivity contribution is 6.05. The average Bonchev–Trinajstić information content (AvgIpc) is 2.49. The molecule has 1 aliphatic carbocycles. The van der Waals surface area contributed by atoms with Crippen molar-refractivity contribution >= 4 is 11.1 Å². The number of hydrogen-bond acceptors (Lipinski definition) is 0. The Bertz CT molecular complexity index is 757. The van der Waals surface area contributed by atoms with Crippen LogP contribution >= 0.6 is 0 Å². The molecule has 1 aliphatic rings. The fourth-order valence-corrected chi connectivity index (χ4v) is 2.87. The lowest BCUT2D eigenvalue weighted by Gasteiger charge is -2.15. The van der Waals surface area contributed by atoms with Gasteiger partial charge in [0.15, 0.2) is 0 Å². The van der Waals surface area contributed by atoms with Crippen molar-refractivity contribution in [2.75, 3.05) is 0 Å². The third kappa shape index (κ3) is 2.45. The molecule has 0 saturated heterocycles. The Kier molecular flexibility index (Phi) is 3.53. The van der Waals surface area contributed by atoms with Crippen molar-refractivity contribution in [3.8, 4) is 0 Å². The molecule has 2 aromatic rings. The molecule has 0 unspecified atom stereocenters. The van der Waals surface area contributed by atoms with Crippen molar-refractivity contribution in [1.82, 2.24) is 0 Å². The fourth-order valence-electron chi connectivity index (χ4n) is 2.87. The molecule has 0 N–H and O–H groups in total. The van der Waals surface area contributed by atoms with E-state index < -0.39 is 0 Å². The molecule has 0 bridgehead atoms. The Balaban J connectivity index is 2.27. The molecule has 0 aliphatic heterocycles. The first-order valence-corrected chi connectivity index (χ1v) is 7.25. The third-order valence-electron chi connectivity index (χ3n) is 4.00. The topological polar surface area (TPSA) is 0 Å². The molecule has 0 heteroatoms. The zero-order valence-electron chi connectivity index (χ0n) is 12.6. The quantitative estimate of drug-likeness (QED) is 0.629. The summed E-state index contributed by atoms with van der Waals surface area (Å²) in [5.41, 5.74) is 8.69. The zero-order chi connectivity index (χ0) is 14.8. The maximum Gasteiger partial charge on any atom is 0.112 e. The standard InChI is InChI=1S/C21H19/c1-15-9-4-6-12-18(15)20-14-8-11-17(3)21(20)19-13-7-5-10-16(19)2/h4-14H,3H2,1-2H3/q+1. The maximum absolute atomic E-state index is 4.25. The average molecular weight is 271 g/mol. The van der Waals surface area contributed by atoms with Crippen molar-refractivity contribution in [3.05, 3.63) is 102 Å². The zero-order valence-corrected chi connectivity index (χ0v) is 12.6. The van der Waals surface area contributed by atoms with Crippen LogP contribution in [0.3, 0.4) is 0 Å². The number of rotatable bonds is 2. The summed E-state index contributed by atoms with van der Waals surface area (Å²) >= 11 is 0. The van der Waals surface area contributed by atoms with Crippen LogP contribution in [0.2, 0.25) is 0 Å². The van der Waals surface area contributed by atoms with Gasteiger partial charge in [-0.25, -0.2) is 0 Å². The van der Waals surface area contributed by atoms with E-state index in [0.29, 0.717) is 0 Å². The van der Waals surface area contributed by atoms with Gasteiger partial charge < -0.3 is 0 Å². The molecule has 2 aromatic carbocycles. The molecule has 0 amide bonds. The lowest BCUT2D eigenvalue weighted by atomic mass is 9.82. The van der Waals surface area contributed by atoms with Crippen LogP contribution in [0.25, 0.3) is 11.1 Å². The van der Waals surface area contributed by atoms with Crippen LogP contribution in [0.5, 0.6) is 0 Å². The Labute approximate surface area is 127 Å². The first-order chi connectivity index (χ1) is 10.2. The first kappa shape index (κ1) is 13.5. The van der Waals surface area contributed by atoms with Gasteiger partial charge in [-0.1, -0.05) is 36.9 Å². The van der Waals surface area contributed by atoms with Crippen LogP contribution in [-0.4, -0.2) is 0 Å². The Hall–Kier alpha value is -2.47. The van der Waals surface area contributed by atoms with Crippen LogP contribution < -0.4 is 0 Å². The van der Waals surface area contributed by atoms with Gasteiger partial charge in [0.2, 0.25) is 0 Å². The summed E-state index contributed by atoms with van der Waals surface area (Å²) in [6.07, 6.45) is 6.37. The van der Waals surface area contributed by atoms with Crippen LogP contribution in [-0.2, 0) is 0 Å². The van der Waals surface area contributed by atoms with Crippen LogP contribution in [0.1, 0.15) is 22.3 Å². The predicted octanol–water partition coefficient (Wildman–Crippen LogP) is 5.54. The molecule has 0 nitrogen and oxygen atoms in total. The van der Waals surface area contributed by atoms with Gasteiger partial charge in [-0.15, -0.1) is 0 Å². The fraction of sp³-hybridized carbons (Fsp3) is 0.0952. The lowest BCUT2D eigenvalue weighted by Crippen LogP contribution is -2.01. The number of allylic oxidation sites excluding steroid dienone is 5. The van der Waals surface area contributed by atoms with E-state index in [1.165, 1.54) is 33.4 Å². The van der Waals surface area contributed by atoms with E-state index in [1.54, 1.807) is 0 Å². The minimum atomic E-state index is 1.07. The van der Waals surface area contributed by atoms with Gasteiger partial charge in [0, 0.05) is 24.1 Å². The summed E-state index contributed by atoms with van der Waals surface area (Å²) in [4.78, 5) is 0. The second kappa shape index (κ2) is 5.49. The molecule has 0 aromatic heterocycles. The van der Waals surface area contributed by atoms with Gasteiger partial charge in [0.1, 0.15) is 5.57 Å². The minimum Gasteiger partial charge on any atom is -0.0710 e. The first-order valence-electron chi connectivity index (χ1n) is 7.25. The predicted molar refractivity (Wildman–Crippen MR) is 91.8 cm³/mol. The molecule has 0 fully saturated rings. The smallest absolute Gasteiger partial charge is 0.0710 e. The van der Waals surface area contributed by atoms with Crippen LogP contribution in [0, 0.1) is 20.3 Å². The molecule has 0 radical (unpaired) electrons. The van der Waals surface area contributed by atoms with Gasteiger partial charge in [-0.3, -0.25) is 0 Å². The number of aryl methyl sites for hydroxylation is 2. The molecule has 0 heterocycles. The molecular weight excluding hydrogens is 252 g/mol. The summed E-state index contributed by atoms with van der Waals surface area (Å²) < 4.78 is 0. The Morgan fingerprint density at radius 1 is 0.810 bits per heavy atom. The van der Waals surface area contributed by atoms with E-state index in [1.807, 2.05) is 0 Å². The van der Waals surface area contributed by atoms with Crippen molar-refractivity contribution in [1.29, 1.82) is 0 Å². The van der Waals surface area contributed by atoms with Crippen molar-refractivity contribution < 1.29 is 0 Å². The summed E-state index contributed by atoms with van der Waals surface area (Å²) in [6.45, 7) is 8.57. The van der Waals surface area contributed by atoms with Crippen LogP contribution in [0.4, 0.5) is 0 Å². The molecule has 102 valence electrons. The van der Waals surface area contributed by atoms with Gasteiger partial charge in [-0.2, -0.15) is 0 Å². The monoisotopic (exact) mass is 271 g/mol. The molecule has 0 spiro atoms. The second-order valence-electron chi connectivity index (χ2n) is 5.47. The molecule has 0 atom stereocenters. The highest BCUT2D eigenvalue weighted by Crippen LogP contribution is 2.39. The maximum atomic E-state index is 4.25. The van der Waals surface area contributed by atoms with E-state index in [4.69, 9.17) is 0 Å². The van der Waals surface area contributed by atoms with E-state index in [9.17, 15) is 0 Å². The number of benzene rings is 2. The van der Waals surface area contributed by atoms with Crippen molar-refractivity contribution in [2.45, 2.75) is 13.8 Å². The summed E-state index contributed by atoms with van der Waals surface area (Å²) in [5.74, 6) is 0. The lowest BCUT2D eigenvalue weighted by molar-refractivity contribution is 1.38. The van der Waals surface area contributed by atoms with Crippen LogP contribution in [0.15, 0.2) is 72.8 Å². The van der Waals surface area contributed by atoms with E-state index in [0.717, 1.165) is 5.57 Å². The van der Waals surface area contributed by atoms with Crippen molar-refractivity contribution in [3.63, 3.8) is 0 Å². The van der Waals surface area contributed by atoms with Gasteiger partial charge in [0.25, 0.3) is 0 Å². The van der Waals surface area contributed by atoms with E-state index in [-0.39, 0.29) is 0 Å². The number of hydrogen-bond donors (Lipinski definition) is 0. The molecule has 3 rings (SSSR count). The molecular formula is C21H19+. The summed E-state index contributed by atoms with van der Waals surface area (Å²) in [5, 5.41) is 0. The Morgan fingerprint density at radius 2 is 1.38 bits per heavy atom. The highest BCUT2D eigenvalue weighted by atomic mass is 14.2. The molecule has 21 heavy (non-hydrogen) atoms. The highest BCUT2D eigenvalue weighted by Gasteiger charge is 2.25. The van der Waals surface area contributed by atoms with E-state index >= 15 is 0 Å². The van der Waals surface area contributed by atoms with Gasteiger partial charge in [0.05, 0.1) is 16.7 Å². The second-order valence-corrected chi connectivity index (χ2v) is 5.47. The summed E-state index contributed by atoms with van der Waals surface area (Å²) in [6, 6.07) is 17.0. The largest absolute Gasteiger partial charge is 0.112 e. The summed E-state index contributed by atoms with van der Waals surface area (Å²) in [7, 11) is 0. The van der Waals surface area contributed by atoms with Gasteiger partial charge >= 0.3 is 0 Å². The van der Waals surface area contributed by atoms with Gasteiger partial charge in [-0.05, 0) is 43.2 Å². The minimum absolute atomic E-state index is 1.07. The van der Waals surface area contributed by atoms with Crippen molar-refractivity contribution in [2.24, 2.45) is 0 Å². The molecule has 0 saturated carbocycles. The Morgan fingerprint density at radius 3 is 2.00 bits per heavy atom. The SMILES string of the molecule is C=C1C=C[CH+]C(c2ccccc2C)=C1c1ccccc1C.